The van der Waals surface area contributed by atoms with E-state index in [1.807, 2.05) is 0 Å². The van der Waals surface area contributed by atoms with Crippen LogP contribution in [0.2, 0.25) is 0 Å². The molecule has 0 aliphatic carbocycles. The van der Waals surface area contributed by atoms with Crippen molar-refractivity contribution in [3.8, 4) is 0 Å². The number of nitrogens with zero attached hydrogens (tertiary/aromatic N) is 4. The monoisotopic (exact) mass is 375 g/mol. The predicted molar refractivity (Wildman–Crippen MR) is 78.1 cm³/mol. The van der Waals surface area contributed by atoms with Crippen LogP contribution in [0.25, 0.3) is 0 Å². The standard InChI is InChI=1S/C12H17N5O7S/c18-12-16-5-7(17(12)24-25(19,20)21)1-2-9(16)11-15-14-10(23-11)6-22-8-3-13-4-8/h7-9,13H,1-6H2,(H,19,20,21)/t7-,9-/m0/s1. The fourth-order valence-corrected chi connectivity index (χ4v) is 3.51. The van der Waals surface area contributed by atoms with Gasteiger partial charge in [-0.25, -0.2) is 4.79 Å². The van der Waals surface area contributed by atoms with Gasteiger partial charge in [0.2, 0.25) is 11.8 Å². The summed E-state index contributed by atoms with van der Waals surface area (Å²) in [6.45, 7) is 2.02. The molecule has 1 aromatic heterocycles. The lowest BCUT2D eigenvalue weighted by molar-refractivity contribution is -0.0317. The van der Waals surface area contributed by atoms with Gasteiger partial charge in [0, 0.05) is 19.6 Å². The number of hydrogen-bond donors (Lipinski definition) is 2. The zero-order valence-corrected chi connectivity index (χ0v) is 13.9. The molecule has 1 aromatic rings. The van der Waals surface area contributed by atoms with Crippen LogP contribution in [0, 0.1) is 0 Å². The second-order valence-corrected chi connectivity index (χ2v) is 7.14. The molecule has 2 N–H and O–H groups in total. The molecule has 0 spiro atoms. The molecular weight excluding hydrogens is 358 g/mol. The highest BCUT2D eigenvalue weighted by molar-refractivity contribution is 7.80. The van der Waals surface area contributed by atoms with E-state index in [1.54, 1.807) is 0 Å². The van der Waals surface area contributed by atoms with Crippen molar-refractivity contribution in [3.05, 3.63) is 11.8 Å². The van der Waals surface area contributed by atoms with E-state index < -0.39 is 28.5 Å². The molecule has 25 heavy (non-hydrogen) atoms. The highest BCUT2D eigenvalue weighted by atomic mass is 32.3. The van der Waals surface area contributed by atoms with Gasteiger partial charge in [0.1, 0.15) is 12.6 Å². The fourth-order valence-electron chi connectivity index (χ4n) is 3.12. The first-order valence-corrected chi connectivity index (χ1v) is 9.18. The summed E-state index contributed by atoms with van der Waals surface area (Å²) >= 11 is 0. The van der Waals surface area contributed by atoms with Crippen molar-refractivity contribution in [2.45, 2.75) is 37.6 Å². The van der Waals surface area contributed by atoms with E-state index >= 15 is 0 Å². The average Bonchev–Trinajstić information content (AvgIpc) is 3.05. The molecule has 0 aromatic carbocycles. The van der Waals surface area contributed by atoms with Crippen LogP contribution < -0.4 is 5.32 Å². The molecule has 0 unspecified atom stereocenters. The normalized spacial score (nSPS) is 27.0. The lowest BCUT2D eigenvalue weighted by Gasteiger charge is -2.27. The molecule has 3 fully saturated rings. The number of piperidine rings is 1. The van der Waals surface area contributed by atoms with Gasteiger partial charge in [-0.15, -0.1) is 14.5 Å². The predicted octanol–water partition coefficient (Wildman–Crippen LogP) is -0.766. The Morgan fingerprint density at radius 1 is 1.32 bits per heavy atom. The third kappa shape index (κ3) is 3.32. The molecule has 3 saturated heterocycles. The van der Waals surface area contributed by atoms with E-state index in [0.717, 1.165) is 13.1 Å². The summed E-state index contributed by atoms with van der Waals surface area (Å²) in [5.74, 6) is 0.590. The minimum atomic E-state index is -4.76. The van der Waals surface area contributed by atoms with Crippen molar-refractivity contribution in [2.75, 3.05) is 19.6 Å². The summed E-state index contributed by atoms with van der Waals surface area (Å²) in [5, 5.41) is 11.7. The Labute approximate surface area is 143 Å². The van der Waals surface area contributed by atoms with Crippen molar-refractivity contribution >= 4 is 16.4 Å². The number of aromatic nitrogens is 2. The maximum atomic E-state index is 12.3. The Morgan fingerprint density at radius 2 is 2.12 bits per heavy atom. The molecule has 4 heterocycles. The molecular formula is C12H17N5O7S. The van der Waals surface area contributed by atoms with Crippen molar-refractivity contribution in [3.63, 3.8) is 0 Å². The number of urea groups is 1. The molecule has 0 saturated carbocycles. The summed E-state index contributed by atoms with van der Waals surface area (Å²) in [6.07, 6.45) is 1.12. The maximum Gasteiger partial charge on any atom is 0.418 e. The molecule has 3 aliphatic rings. The third-order valence-electron chi connectivity index (χ3n) is 4.45. The molecule has 2 amide bonds. The van der Waals surface area contributed by atoms with E-state index in [-0.39, 0.29) is 25.1 Å². The van der Waals surface area contributed by atoms with Gasteiger partial charge in [0.15, 0.2) is 0 Å². The third-order valence-corrected chi connectivity index (χ3v) is 4.80. The number of amides is 2. The molecule has 138 valence electrons. The van der Waals surface area contributed by atoms with Crippen LogP contribution in [0.3, 0.4) is 0 Å². The van der Waals surface area contributed by atoms with E-state index in [0.29, 0.717) is 23.8 Å². The summed E-state index contributed by atoms with van der Waals surface area (Å²) < 4.78 is 46.1. The first-order valence-electron chi connectivity index (χ1n) is 7.82. The van der Waals surface area contributed by atoms with Crippen molar-refractivity contribution in [2.24, 2.45) is 0 Å². The van der Waals surface area contributed by atoms with Crippen LogP contribution in [-0.4, -0.2) is 70.9 Å². The van der Waals surface area contributed by atoms with Crippen LogP contribution in [0.15, 0.2) is 4.42 Å². The number of fused-ring (bicyclic) bond motifs is 2. The minimum absolute atomic E-state index is 0.136. The topological polar surface area (TPSA) is 147 Å². The van der Waals surface area contributed by atoms with Crippen molar-refractivity contribution in [1.29, 1.82) is 0 Å². The molecule has 2 bridgehead atoms. The average molecular weight is 375 g/mol. The zero-order chi connectivity index (χ0) is 17.6. The number of nitrogens with one attached hydrogen (secondary N) is 1. The second-order valence-electron chi connectivity index (χ2n) is 6.14. The van der Waals surface area contributed by atoms with Gasteiger partial charge in [-0.05, 0) is 12.8 Å². The molecule has 3 aliphatic heterocycles. The number of ether oxygens (including phenoxy) is 1. The number of carbonyl (C=O) groups excluding carboxylic acids is 1. The fraction of sp³-hybridized carbons (Fsp3) is 0.750. The Hall–Kier alpha value is -1.80. The Morgan fingerprint density at radius 3 is 2.80 bits per heavy atom. The number of carbonyl (C=O) groups is 1. The molecule has 12 nitrogen and oxygen atoms in total. The largest absolute Gasteiger partial charge is 0.420 e. The first-order chi connectivity index (χ1) is 11.9. The van der Waals surface area contributed by atoms with Gasteiger partial charge in [-0.2, -0.15) is 13.5 Å². The molecule has 13 heteroatoms. The molecule has 2 atom stereocenters. The Kier molecular flexibility index (Phi) is 4.11. The van der Waals surface area contributed by atoms with Crippen molar-refractivity contribution in [1.82, 2.24) is 25.5 Å². The summed E-state index contributed by atoms with van der Waals surface area (Å²) in [5.41, 5.74) is 0. The lowest BCUT2D eigenvalue weighted by Crippen LogP contribution is -2.48. The van der Waals surface area contributed by atoms with Gasteiger partial charge in [-0.3, -0.25) is 4.55 Å². The van der Waals surface area contributed by atoms with Gasteiger partial charge in [0.25, 0.3) is 0 Å². The van der Waals surface area contributed by atoms with E-state index in [9.17, 15) is 13.2 Å². The van der Waals surface area contributed by atoms with Gasteiger partial charge in [0.05, 0.1) is 12.1 Å². The lowest BCUT2D eigenvalue weighted by atomic mass is 10.0. The van der Waals surface area contributed by atoms with Crippen LogP contribution in [0.1, 0.15) is 30.7 Å². The highest BCUT2D eigenvalue weighted by Gasteiger charge is 2.49. The van der Waals surface area contributed by atoms with Crippen LogP contribution in [0.5, 0.6) is 0 Å². The quantitative estimate of drug-likeness (QED) is 0.607. The van der Waals surface area contributed by atoms with Crippen LogP contribution in [0.4, 0.5) is 4.79 Å². The number of hydroxylamine groups is 2. The van der Waals surface area contributed by atoms with Gasteiger partial charge >= 0.3 is 16.4 Å². The van der Waals surface area contributed by atoms with E-state index in [1.165, 1.54) is 4.90 Å². The summed E-state index contributed by atoms with van der Waals surface area (Å²) in [6, 6.07) is -1.59. The summed E-state index contributed by atoms with van der Waals surface area (Å²) in [7, 11) is -4.76. The van der Waals surface area contributed by atoms with Crippen LogP contribution in [-0.2, 0) is 26.0 Å². The maximum absolute atomic E-state index is 12.3. The minimum Gasteiger partial charge on any atom is -0.420 e. The number of rotatable bonds is 6. The molecule has 4 rings (SSSR count). The van der Waals surface area contributed by atoms with Gasteiger partial charge < -0.3 is 19.4 Å². The van der Waals surface area contributed by atoms with Gasteiger partial charge in [-0.1, -0.05) is 0 Å². The Bertz CT molecular complexity index is 764. The highest BCUT2D eigenvalue weighted by Crippen LogP contribution is 2.38. The second kappa shape index (κ2) is 6.17. The van der Waals surface area contributed by atoms with Crippen LogP contribution >= 0.6 is 0 Å². The van der Waals surface area contributed by atoms with E-state index in [4.69, 9.17) is 13.7 Å². The van der Waals surface area contributed by atoms with Crippen molar-refractivity contribution < 1.29 is 31.2 Å². The summed E-state index contributed by atoms with van der Waals surface area (Å²) in [4.78, 5) is 13.7. The smallest absolute Gasteiger partial charge is 0.418 e. The first kappa shape index (κ1) is 16.7. The zero-order valence-electron chi connectivity index (χ0n) is 13.1. The number of hydrogen-bond acceptors (Lipinski definition) is 9. The molecule has 0 radical (unpaired) electrons. The van der Waals surface area contributed by atoms with E-state index in [2.05, 4.69) is 19.8 Å². The SMILES string of the molecule is O=C1N2C[C@H](CC[C@H]2c2nnc(COC3CNC3)o2)N1OS(=O)(=O)O. The Balaban J connectivity index is 1.43.